The monoisotopic (exact) mass is 380 g/mol. The fraction of sp³-hybridized carbons (Fsp3) is 0.333. The van der Waals surface area contributed by atoms with Crippen molar-refractivity contribution in [3.05, 3.63) is 0 Å². The van der Waals surface area contributed by atoms with E-state index in [4.69, 9.17) is 0 Å². The van der Waals surface area contributed by atoms with Gasteiger partial charge in [0.1, 0.15) is 0 Å². The molecule has 7 heteroatoms. The first-order valence-corrected chi connectivity index (χ1v) is 12.8. The van der Waals surface area contributed by atoms with E-state index in [0.717, 1.165) is 0 Å². The van der Waals surface area contributed by atoms with Crippen LogP contribution >= 0.6 is 81.1 Å². The summed E-state index contributed by atoms with van der Waals surface area (Å²) in [7, 11) is 0. The smallest absolute Gasteiger partial charge is 0.0787 e. The van der Waals surface area contributed by atoms with Crippen molar-refractivity contribution in [1.29, 1.82) is 0 Å². The number of hydrogen-bond donors (Lipinski definition) is 0. The first-order chi connectivity index (χ1) is 9.24. The molecule has 19 heavy (non-hydrogen) atoms. The predicted molar refractivity (Wildman–Crippen MR) is 102 cm³/mol. The zero-order chi connectivity index (χ0) is 13.6. The van der Waals surface area contributed by atoms with Crippen LogP contribution in [0.2, 0.25) is 0 Å². The van der Waals surface area contributed by atoms with Gasteiger partial charge in [-0.1, -0.05) is 0 Å². The van der Waals surface area contributed by atoms with Crippen LogP contribution in [0.3, 0.4) is 0 Å². The molecule has 0 amide bonds. The molecule has 102 valence electrons. The van der Waals surface area contributed by atoms with Crippen LogP contribution in [-0.2, 0) is 0 Å². The Bertz CT molecular complexity index is 669. The molecule has 0 atom stereocenters. The van der Waals surface area contributed by atoms with Crippen molar-refractivity contribution in [3.8, 4) is 0 Å². The molecule has 0 radical (unpaired) electrons. The van der Waals surface area contributed by atoms with E-state index in [1.807, 2.05) is 81.1 Å². The van der Waals surface area contributed by atoms with Crippen LogP contribution in [0.15, 0.2) is 16.8 Å². The van der Waals surface area contributed by atoms with Gasteiger partial charge < -0.3 is 0 Å². The molecule has 0 aromatic carbocycles. The Morgan fingerprint density at radius 1 is 0.526 bits per heavy atom. The van der Waals surface area contributed by atoms with Crippen LogP contribution in [0.4, 0.5) is 0 Å². The van der Waals surface area contributed by atoms with Gasteiger partial charge in [0.2, 0.25) is 0 Å². The van der Waals surface area contributed by atoms with Gasteiger partial charge in [0.15, 0.2) is 0 Å². The van der Waals surface area contributed by atoms with Gasteiger partial charge in [-0.15, -0.1) is 81.1 Å². The fourth-order valence-corrected chi connectivity index (χ4v) is 9.90. The maximum absolute atomic E-state index is 2.19. The van der Waals surface area contributed by atoms with Gasteiger partial charge in [-0.3, -0.25) is 0 Å². The Morgan fingerprint density at radius 2 is 0.895 bits per heavy atom. The summed E-state index contributed by atoms with van der Waals surface area (Å²) in [4.78, 5) is 0. The van der Waals surface area contributed by atoms with Crippen LogP contribution in [0, 0.1) is 0 Å². The molecule has 0 aliphatic carbocycles. The second kappa shape index (κ2) is 6.02. The summed E-state index contributed by atoms with van der Waals surface area (Å²) in [5.41, 5.74) is 0. The molecule has 0 nitrogen and oxygen atoms in total. The highest BCUT2D eigenvalue weighted by Gasteiger charge is 2.22. The minimum absolute atomic E-state index is 1.48. The third-order valence-corrected chi connectivity index (χ3v) is 11.4. The minimum atomic E-state index is 1.48. The first kappa shape index (κ1) is 14.9. The molecule has 0 unspecified atom stereocenters. The van der Waals surface area contributed by atoms with E-state index >= 15 is 0 Å². The maximum Gasteiger partial charge on any atom is 0.0787 e. The lowest BCUT2D eigenvalue weighted by atomic mass is 10.3. The SMILES string of the molecule is CSc1sc(SC)c2c1sc1c(SC)sc(SC)c12. The van der Waals surface area contributed by atoms with Crippen LogP contribution < -0.4 is 0 Å². The van der Waals surface area contributed by atoms with E-state index in [1.54, 1.807) is 0 Å². The normalized spacial score (nSPS) is 12.0. The second-order valence-electron chi connectivity index (χ2n) is 3.68. The van der Waals surface area contributed by atoms with Crippen LogP contribution in [-0.4, -0.2) is 25.0 Å². The van der Waals surface area contributed by atoms with Crippen molar-refractivity contribution in [2.75, 3.05) is 25.0 Å². The average molecular weight is 381 g/mol. The standard InChI is InChI=1S/C12H12S7/c1-13-9-5-6-8(12(16-4)19-10(6)14-2)17-7(5)11(15-3)18-9/h1-4H3. The molecule has 3 heterocycles. The minimum Gasteiger partial charge on any atom is -0.131 e. The number of thiophene rings is 3. The Labute approximate surface area is 142 Å². The van der Waals surface area contributed by atoms with Gasteiger partial charge in [0.25, 0.3) is 0 Å². The molecule has 0 saturated carbocycles. The van der Waals surface area contributed by atoms with E-state index in [9.17, 15) is 0 Å². The lowest BCUT2D eigenvalue weighted by Crippen LogP contribution is -1.63. The molecule has 0 aliphatic rings. The van der Waals surface area contributed by atoms with E-state index in [0.29, 0.717) is 0 Å². The van der Waals surface area contributed by atoms with E-state index in [-0.39, 0.29) is 0 Å². The fourth-order valence-electron chi connectivity index (χ4n) is 2.03. The van der Waals surface area contributed by atoms with Crippen LogP contribution in [0.1, 0.15) is 0 Å². The number of thioether (sulfide) groups is 4. The summed E-state index contributed by atoms with van der Waals surface area (Å²) in [6.45, 7) is 0. The highest BCUT2D eigenvalue weighted by atomic mass is 32.2. The number of hydrogen-bond acceptors (Lipinski definition) is 7. The van der Waals surface area contributed by atoms with E-state index < -0.39 is 0 Å². The van der Waals surface area contributed by atoms with Gasteiger partial charge in [0.05, 0.1) is 26.2 Å². The first-order valence-electron chi connectivity index (χ1n) is 5.42. The van der Waals surface area contributed by atoms with Crippen molar-refractivity contribution in [1.82, 2.24) is 0 Å². The quantitative estimate of drug-likeness (QED) is 0.444. The van der Waals surface area contributed by atoms with Crippen molar-refractivity contribution in [2.24, 2.45) is 0 Å². The highest BCUT2D eigenvalue weighted by Crippen LogP contribution is 2.55. The summed E-state index contributed by atoms with van der Waals surface area (Å²) in [6.07, 6.45) is 8.76. The maximum atomic E-state index is 2.19. The van der Waals surface area contributed by atoms with Gasteiger partial charge >= 0.3 is 0 Å². The largest absolute Gasteiger partial charge is 0.131 e. The Balaban J connectivity index is 2.47. The molecule has 0 fully saturated rings. The van der Waals surface area contributed by atoms with Crippen molar-refractivity contribution in [2.45, 2.75) is 16.8 Å². The lowest BCUT2D eigenvalue weighted by Gasteiger charge is -1.92. The third-order valence-electron chi connectivity index (χ3n) is 2.80. The Morgan fingerprint density at radius 3 is 1.21 bits per heavy atom. The zero-order valence-electron chi connectivity index (χ0n) is 10.9. The third kappa shape index (κ3) is 2.29. The predicted octanol–water partition coefficient (Wildman–Crippen LogP) is 7.07. The molecule has 0 saturated heterocycles. The topological polar surface area (TPSA) is 0 Å². The van der Waals surface area contributed by atoms with Gasteiger partial charge in [-0.05, 0) is 25.0 Å². The van der Waals surface area contributed by atoms with Crippen LogP contribution in [0.5, 0.6) is 0 Å². The summed E-state index contributed by atoms with van der Waals surface area (Å²) in [5, 5.41) is 3.03. The molecule has 0 N–H and O–H groups in total. The molecule has 0 bridgehead atoms. The molecule has 3 aromatic rings. The Hall–Kier alpha value is 1.02. The highest BCUT2D eigenvalue weighted by molar-refractivity contribution is 8.04. The van der Waals surface area contributed by atoms with Crippen molar-refractivity contribution < 1.29 is 0 Å². The zero-order valence-corrected chi connectivity index (χ0v) is 16.6. The van der Waals surface area contributed by atoms with E-state index in [2.05, 4.69) is 25.0 Å². The number of fused-ring (bicyclic) bond motifs is 3. The molecule has 3 rings (SSSR count). The molecular weight excluding hydrogens is 369 g/mol. The lowest BCUT2D eigenvalue weighted by molar-refractivity contribution is 1.85. The average Bonchev–Trinajstić information content (AvgIpc) is 3.06. The van der Waals surface area contributed by atoms with Crippen molar-refractivity contribution in [3.63, 3.8) is 0 Å². The molecular formula is C12H12S7. The van der Waals surface area contributed by atoms with Gasteiger partial charge in [0, 0.05) is 10.8 Å². The summed E-state index contributed by atoms with van der Waals surface area (Å²) in [6, 6.07) is 0. The van der Waals surface area contributed by atoms with E-state index in [1.165, 1.54) is 37.0 Å². The summed E-state index contributed by atoms with van der Waals surface area (Å²) in [5.74, 6) is 0. The molecule has 0 aliphatic heterocycles. The molecule has 0 spiro atoms. The van der Waals surface area contributed by atoms with Crippen molar-refractivity contribution >= 4 is 101 Å². The Kier molecular flexibility index (Phi) is 4.74. The van der Waals surface area contributed by atoms with Crippen LogP contribution in [0.25, 0.3) is 20.2 Å². The second-order valence-corrected chi connectivity index (χ2v) is 11.0. The van der Waals surface area contributed by atoms with Gasteiger partial charge in [-0.2, -0.15) is 0 Å². The number of rotatable bonds is 4. The molecule has 3 aromatic heterocycles. The van der Waals surface area contributed by atoms with Gasteiger partial charge in [-0.25, -0.2) is 0 Å². The summed E-state index contributed by atoms with van der Waals surface area (Å²) < 4.78 is 8.92. The summed E-state index contributed by atoms with van der Waals surface area (Å²) >= 11 is 13.5.